The van der Waals surface area contributed by atoms with Crippen molar-refractivity contribution in [2.45, 2.75) is 19.6 Å². The normalized spacial score (nSPS) is 10.0. The highest BCUT2D eigenvalue weighted by Gasteiger charge is 2.08. The Hall–Kier alpha value is -2.82. The minimum absolute atomic E-state index is 0.0725. The average Bonchev–Trinajstić information content (AvgIpc) is 2.52. The van der Waals surface area contributed by atoms with E-state index >= 15 is 0 Å². The summed E-state index contributed by atoms with van der Waals surface area (Å²) < 4.78 is 5.10. The van der Waals surface area contributed by atoms with E-state index in [1.165, 1.54) is 0 Å². The summed E-state index contributed by atoms with van der Waals surface area (Å²) in [5, 5.41) is 11.5. The van der Waals surface area contributed by atoms with Crippen LogP contribution in [0.5, 0.6) is 0 Å². The third kappa shape index (κ3) is 4.94. The van der Waals surface area contributed by atoms with E-state index in [1.54, 1.807) is 24.3 Å². The maximum absolute atomic E-state index is 11.7. The van der Waals surface area contributed by atoms with Crippen molar-refractivity contribution < 1.29 is 19.4 Å². The number of aliphatic carboxylic acids is 1. The van der Waals surface area contributed by atoms with E-state index < -0.39 is 12.1 Å². The lowest BCUT2D eigenvalue weighted by atomic mass is 10.0. The number of rotatable bonds is 6. The molecule has 0 aliphatic carbocycles. The second-order valence-electron chi connectivity index (χ2n) is 4.75. The standard InChI is InChI=1S/C17H17NO4/c19-16(20)10-14-8-4-5-9-15(14)11-18-17(21)22-12-13-6-2-1-3-7-13/h1-9H,10-12H2,(H,18,21)(H,19,20). The minimum atomic E-state index is -0.904. The van der Waals surface area contributed by atoms with Gasteiger partial charge in [-0.05, 0) is 16.7 Å². The van der Waals surface area contributed by atoms with Gasteiger partial charge >= 0.3 is 12.1 Å². The zero-order valence-corrected chi connectivity index (χ0v) is 12.0. The van der Waals surface area contributed by atoms with Crippen LogP contribution < -0.4 is 5.32 Å². The summed E-state index contributed by atoms with van der Waals surface area (Å²) in [4.78, 5) is 22.5. The number of ether oxygens (including phenoxy) is 1. The van der Waals surface area contributed by atoms with E-state index in [9.17, 15) is 9.59 Å². The van der Waals surface area contributed by atoms with Crippen LogP contribution in [0.25, 0.3) is 0 Å². The third-order valence-corrected chi connectivity index (χ3v) is 3.10. The van der Waals surface area contributed by atoms with Crippen molar-refractivity contribution in [1.82, 2.24) is 5.32 Å². The van der Waals surface area contributed by atoms with E-state index in [4.69, 9.17) is 9.84 Å². The predicted molar refractivity (Wildman–Crippen MR) is 81.2 cm³/mol. The van der Waals surface area contributed by atoms with Crippen molar-refractivity contribution in [2.75, 3.05) is 0 Å². The number of hydrogen-bond donors (Lipinski definition) is 2. The molecule has 0 saturated heterocycles. The first-order valence-electron chi connectivity index (χ1n) is 6.88. The Balaban J connectivity index is 1.85. The van der Waals surface area contributed by atoms with E-state index in [0.29, 0.717) is 5.56 Å². The van der Waals surface area contributed by atoms with Gasteiger partial charge in [-0.3, -0.25) is 4.79 Å². The molecule has 5 nitrogen and oxygen atoms in total. The van der Waals surface area contributed by atoms with Crippen molar-refractivity contribution in [3.63, 3.8) is 0 Å². The zero-order valence-electron chi connectivity index (χ0n) is 12.0. The molecular formula is C17H17NO4. The number of hydrogen-bond acceptors (Lipinski definition) is 3. The van der Waals surface area contributed by atoms with Gasteiger partial charge in [-0.15, -0.1) is 0 Å². The summed E-state index contributed by atoms with van der Waals surface area (Å²) in [6.07, 6.45) is -0.606. The molecule has 0 atom stereocenters. The maximum Gasteiger partial charge on any atom is 0.407 e. The second kappa shape index (κ2) is 7.83. The number of carboxylic acids is 1. The SMILES string of the molecule is O=C(O)Cc1ccccc1CNC(=O)OCc1ccccc1. The van der Waals surface area contributed by atoms with Gasteiger partial charge in [0.25, 0.3) is 0 Å². The number of nitrogens with one attached hydrogen (secondary N) is 1. The predicted octanol–water partition coefficient (Wildman–Crippen LogP) is 2.74. The number of carbonyl (C=O) groups excluding carboxylic acids is 1. The fourth-order valence-electron chi connectivity index (χ4n) is 2.01. The summed E-state index contributed by atoms with van der Waals surface area (Å²) in [5.41, 5.74) is 2.35. The number of carbonyl (C=O) groups is 2. The number of alkyl carbamates (subject to hydrolysis) is 1. The molecule has 0 saturated carbocycles. The molecule has 0 unspecified atom stereocenters. The molecule has 0 aromatic heterocycles. The molecule has 1 amide bonds. The third-order valence-electron chi connectivity index (χ3n) is 3.10. The molecule has 2 aromatic carbocycles. The Bertz CT molecular complexity index is 640. The van der Waals surface area contributed by atoms with E-state index in [2.05, 4.69) is 5.32 Å². The molecule has 0 heterocycles. The summed E-state index contributed by atoms with van der Waals surface area (Å²) in [7, 11) is 0. The number of benzene rings is 2. The summed E-state index contributed by atoms with van der Waals surface area (Å²) in [5.74, 6) is -0.904. The van der Waals surface area contributed by atoms with Crippen molar-refractivity contribution in [1.29, 1.82) is 0 Å². The van der Waals surface area contributed by atoms with Gasteiger partial charge in [0.15, 0.2) is 0 Å². The topological polar surface area (TPSA) is 75.6 Å². The number of carboxylic acid groups (broad SMARTS) is 1. The van der Waals surface area contributed by atoms with E-state index in [-0.39, 0.29) is 19.6 Å². The molecule has 114 valence electrons. The zero-order chi connectivity index (χ0) is 15.8. The van der Waals surface area contributed by atoms with Crippen LogP contribution in [0.4, 0.5) is 4.79 Å². The van der Waals surface area contributed by atoms with Crippen molar-refractivity contribution in [3.8, 4) is 0 Å². The Labute approximate surface area is 128 Å². The van der Waals surface area contributed by atoms with Crippen LogP contribution in [0.15, 0.2) is 54.6 Å². The van der Waals surface area contributed by atoms with Crippen molar-refractivity contribution >= 4 is 12.1 Å². The lowest BCUT2D eigenvalue weighted by molar-refractivity contribution is -0.136. The summed E-state index contributed by atoms with van der Waals surface area (Å²) in [6, 6.07) is 16.5. The maximum atomic E-state index is 11.7. The van der Waals surface area contributed by atoms with Crippen LogP contribution in [0.1, 0.15) is 16.7 Å². The van der Waals surface area contributed by atoms with Crippen molar-refractivity contribution in [2.24, 2.45) is 0 Å². The van der Waals surface area contributed by atoms with Gasteiger partial charge in [0.05, 0.1) is 6.42 Å². The van der Waals surface area contributed by atoms with E-state index in [1.807, 2.05) is 30.3 Å². The Morgan fingerprint density at radius 2 is 1.59 bits per heavy atom. The lowest BCUT2D eigenvalue weighted by Crippen LogP contribution is -2.24. The molecule has 2 N–H and O–H groups in total. The van der Waals surface area contributed by atoms with Crippen LogP contribution in [0, 0.1) is 0 Å². The summed E-state index contributed by atoms with van der Waals surface area (Å²) >= 11 is 0. The first-order chi connectivity index (χ1) is 10.6. The second-order valence-corrected chi connectivity index (χ2v) is 4.75. The fraction of sp³-hybridized carbons (Fsp3) is 0.176. The highest BCUT2D eigenvalue weighted by molar-refractivity contribution is 5.71. The van der Waals surface area contributed by atoms with Crippen LogP contribution in [-0.4, -0.2) is 17.2 Å². The highest BCUT2D eigenvalue weighted by Crippen LogP contribution is 2.09. The molecule has 0 spiro atoms. The van der Waals surface area contributed by atoms with Gasteiger partial charge in [-0.1, -0.05) is 54.6 Å². The van der Waals surface area contributed by atoms with Gasteiger partial charge in [0.2, 0.25) is 0 Å². The van der Waals surface area contributed by atoms with Gasteiger partial charge < -0.3 is 15.2 Å². The van der Waals surface area contributed by atoms with Crippen LogP contribution in [0.3, 0.4) is 0 Å². The Morgan fingerprint density at radius 1 is 0.955 bits per heavy atom. The summed E-state index contributed by atoms with van der Waals surface area (Å²) in [6.45, 7) is 0.431. The van der Waals surface area contributed by atoms with Gasteiger partial charge in [0.1, 0.15) is 6.61 Å². The molecule has 2 rings (SSSR count). The van der Waals surface area contributed by atoms with E-state index in [0.717, 1.165) is 11.1 Å². The molecule has 0 aliphatic heterocycles. The monoisotopic (exact) mass is 299 g/mol. The lowest BCUT2D eigenvalue weighted by Gasteiger charge is -2.10. The first-order valence-corrected chi connectivity index (χ1v) is 6.88. The van der Waals surface area contributed by atoms with Crippen molar-refractivity contribution in [3.05, 3.63) is 71.3 Å². The molecular weight excluding hydrogens is 282 g/mol. The molecule has 0 radical (unpaired) electrons. The molecule has 22 heavy (non-hydrogen) atoms. The smallest absolute Gasteiger partial charge is 0.407 e. The molecule has 5 heteroatoms. The molecule has 0 fully saturated rings. The molecule has 0 bridgehead atoms. The van der Waals surface area contributed by atoms with Gasteiger partial charge in [0, 0.05) is 6.54 Å². The Kier molecular flexibility index (Phi) is 5.54. The van der Waals surface area contributed by atoms with Crippen LogP contribution in [-0.2, 0) is 29.1 Å². The molecule has 2 aromatic rings. The number of amides is 1. The van der Waals surface area contributed by atoms with Crippen LogP contribution in [0.2, 0.25) is 0 Å². The quantitative estimate of drug-likeness (QED) is 0.860. The van der Waals surface area contributed by atoms with Gasteiger partial charge in [-0.2, -0.15) is 0 Å². The largest absolute Gasteiger partial charge is 0.481 e. The molecule has 0 aliphatic rings. The minimum Gasteiger partial charge on any atom is -0.481 e. The Morgan fingerprint density at radius 3 is 2.27 bits per heavy atom. The van der Waals surface area contributed by atoms with Crippen LogP contribution >= 0.6 is 0 Å². The average molecular weight is 299 g/mol. The fourth-order valence-corrected chi connectivity index (χ4v) is 2.01. The van der Waals surface area contributed by atoms with Gasteiger partial charge in [-0.25, -0.2) is 4.79 Å². The highest BCUT2D eigenvalue weighted by atomic mass is 16.5. The first kappa shape index (κ1) is 15.6.